The summed E-state index contributed by atoms with van der Waals surface area (Å²) in [6.07, 6.45) is 1.27. The van der Waals surface area contributed by atoms with E-state index >= 15 is 0 Å². The Kier molecular flexibility index (Phi) is 2.49. The van der Waals surface area contributed by atoms with Crippen molar-refractivity contribution >= 4 is 34.5 Å². The number of hydrogen-bond donors (Lipinski definition) is 2. The van der Waals surface area contributed by atoms with E-state index in [2.05, 4.69) is 22.6 Å². The number of hydrogen-bond acceptors (Lipinski definition) is 2. The lowest BCUT2D eigenvalue weighted by atomic mass is 10.1. The molecule has 0 aliphatic heterocycles. The van der Waals surface area contributed by atoms with Crippen LogP contribution in [0.2, 0.25) is 0 Å². The summed E-state index contributed by atoms with van der Waals surface area (Å²) >= 11 is 2.23. The van der Waals surface area contributed by atoms with Crippen LogP contribution in [0, 0.1) is 15.9 Å². The maximum atomic E-state index is 7.04. The second-order valence-electron chi connectivity index (χ2n) is 2.37. The van der Waals surface area contributed by atoms with Gasteiger partial charge in [0.25, 0.3) is 0 Å². The van der Waals surface area contributed by atoms with E-state index in [1.165, 1.54) is 6.21 Å². The summed E-state index contributed by atoms with van der Waals surface area (Å²) in [7, 11) is 0. The highest BCUT2D eigenvalue weighted by atomic mass is 127. The molecule has 0 saturated heterocycles. The topological polar surface area (TPSA) is 49.9 Å². The van der Waals surface area contributed by atoms with Gasteiger partial charge >= 0.3 is 0 Å². The van der Waals surface area contributed by atoms with Gasteiger partial charge in [0.1, 0.15) is 0 Å². The van der Waals surface area contributed by atoms with Crippen LogP contribution < -0.4 is 5.73 Å². The molecule has 0 aliphatic rings. The van der Waals surface area contributed by atoms with Gasteiger partial charge in [-0.1, -0.05) is 0 Å². The van der Waals surface area contributed by atoms with Crippen LogP contribution in [-0.2, 0) is 0 Å². The SMILES string of the molecule is Cc1cc(N)c(C=N)cc1I. The van der Waals surface area contributed by atoms with Crippen molar-refractivity contribution in [1.82, 2.24) is 0 Å². The molecular formula is C8H9IN2. The van der Waals surface area contributed by atoms with Crippen LogP contribution in [0.3, 0.4) is 0 Å². The van der Waals surface area contributed by atoms with E-state index in [4.69, 9.17) is 11.1 Å². The molecule has 0 aromatic heterocycles. The first-order chi connectivity index (χ1) is 5.15. The van der Waals surface area contributed by atoms with Crippen LogP contribution in [0.4, 0.5) is 5.69 Å². The number of nitrogens with one attached hydrogen (secondary N) is 1. The molecule has 3 N–H and O–H groups in total. The van der Waals surface area contributed by atoms with Gasteiger partial charge in [-0.05, 0) is 47.2 Å². The molecular weight excluding hydrogens is 251 g/mol. The lowest BCUT2D eigenvalue weighted by Gasteiger charge is -2.02. The molecule has 2 nitrogen and oxygen atoms in total. The van der Waals surface area contributed by atoms with E-state index in [9.17, 15) is 0 Å². The van der Waals surface area contributed by atoms with Crippen molar-refractivity contribution < 1.29 is 0 Å². The third kappa shape index (κ3) is 1.71. The summed E-state index contributed by atoms with van der Waals surface area (Å²) in [6.45, 7) is 2.01. The number of nitrogens with two attached hydrogens (primary N) is 1. The normalized spacial score (nSPS) is 9.64. The highest BCUT2D eigenvalue weighted by Crippen LogP contribution is 2.18. The van der Waals surface area contributed by atoms with Crippen molar-refractivity contribution in [3.8, 4) is 0 Å². The van der Waals surface area contributed by atoms with Gasteiger partial charge in [-0.2, -0.15) is 0 Å². The third-order valence-corrected chi connectivity index (χ3v) is 2.68. The predicted molar refractivity (Wildman–Crippen MR) is 56.2 cm³/mol. The third-order valence-electron chi connectivity index (χ3n) is 1.52. The summed E-state index contributed by atoms with van der Waals surface area (Å²) in [4.78, 5) is 0. The van der Waals surface area contributed by atoms with Crippen LogP contribution >= 0.6 is 22.6 Å². The Bertz CT molecular complexity index is 294. The second kappa shape index (κ2) is 3.21. The second-order valence-corrected chi connectivity index (χ2v) is 3.54. The van der Waals surface area contributed by atoms with Crippen molar-refractivity contribution in [3.05, 3.63) is 26.8 Å². The molecule has 0 saturated carbocycles. The number of anilines is 1. The average molecular weight is 260 g/mol. The van der Waals surface area contributed by atoms with Gasteiger partial charge in [-0.25, -0.2) is 0 Å². The zero-order chi connectivity index (χ0) is 8.43. The van der Waals surface area contributed by atoms with Crippen molar-refractivity contribution in [3.63, 3.8) is 0 Å². The molecule has 1 aromatic carbocycles. The fourth-order valence-corrected chi connectivity index (χ4v) is 1.34. The minimum Gasteiger partial charge on any atom is -0.398 e. The summed E-state index contributed by atoms with van der Waals surface area (Å²) in [6, 6.07) is 3.81. The molecule has 0 amide bonds. The molecule has 1 aromatic rings. The van der Waals surface area contributed by atoms with E-state index in [0.29, 0.717) is 5.69 Å². The largest absolute Gasteiger partial charge is 0.398 e. The number of rotatable bonds is 1. The first kappa shape index (κ1) is 8.52. The monoisotopic (exact) mass is 260 g/mol. The van der Waals surface area contributed by atoms with Crippen LogP contribution in [0.25, 0.3) is 0 Å². The zero-order valence-electron chi connectivity index (χ0n) is 6.19. The summed E-state index contributed by atoms with van der Waals surface area (Å²) in [5.41, 5.74) is 8.28. The van der Waals surface area contributed by atoms with Gasteiger partial charge in [-0.3, -0.25) is 0 Å². The van der Waals surface area contributed by atoms with Gasteiger partial charge in [0.05, 0.1) is 0 Å². The van der Waals surface area contributed by atoms with Crippen molar-refractivity contribution in [2.45, 2.75) is 6.92 Å². The minimum absolute atomic E-state index is 0.679. The van der Waals surface area contributed by atoms with Crippen LogP contribution in [0.5, 0.6) is 0 Å². The van der Waals surface area contributed by atoms with E-state index in [1.54, 1.807) is 0 Å². The Morgan fingerprint density at radius 1 is 1.55 bits per heavy atom. The van der Waals surface area contributed by atoms with Gasteiger partial charge in [-0.15, -0.1) is 0 Å². The average Bonchev–Trinajstić information content (AvgIpc) is 1.97. The predicted octanol–water partition coefficient (Wildman–Crippen LogP) is 2.18. The number of benzene rings is 1. The first-order valence-corrected chi connectivity index (χ1v) is 4.29. The highest BCUT2D eigenvalue weighted by molar-refractivity contribution is 14.1. The Hall–Kier alpha value is -0.580. The van der Waals surface area contributed by atoms with Gasteiger partial charge in [0.15, 0.2) is 0 Å². The van der Waals surface area contributed by atoms with Crippen molar-refractivity contribution in [2.75, 3.05) is 5.73 Å². The Morgan fingerprint density at radius 2 is 2.18 bits per heavy atom. The number of nitrogen functional groups attached to an aromatic ring is 1. The summed E-state index contributed by atoms with van der Waals surface area (Å²) in [5, 5.41) is 7.04. The maximum Gasteiger partial charge on any atom is 0.0406 e. The molecule has 0 radical (unpaired) electrons. The smallest absolute Gasteiger partial charge is 0.0406 e. The maximum absolute atomic E-state index is 7.04. The van der Waals surface area contributed by atoms with Gasteiger partial charge in [0.2, 0.25) is 0 Å². The van der Waals surface area contributed by atoms with Crippen LogP contribution in [0.15, 0.2) is 12.1 Å². The Labute approximate surface area is 79.4 Å². The molecule has 11 heavy (non-hydrogen) atoms. The zero-order valence-corrected chi connectivity index (χ0v) is 8.34. The van der Waals surface area contributed by atoms with E-state index < -0.39 is 0 Å². The molecule has 0 unspecified atom stereocenters. The van der Waals surface area contributed by atoms with Gasteiger partial charge < -0.3 is 11.1 Å². The molecule has 0 spiro atoms. The van der Waals surface area contributed by atoms with Crippen LogP contribution in [-0.4, -0.2) is 6.21 Å². The highest BCUT2D eigenvalue weighted by Gasteiger charge is 1.99. The van der Waals surface area contributed by atoms with Crippen molar-refractivity contribution in [1.29, 1.82) is 5.41 Å². The summed E-state index contributed by atoms with van der Waals surface area (Å²) in [5.74, 6) is 0. The molecule has 3 heteroatoms. The van der Waals surface area contributed by atoms with E-state index in [0.717, 1.165) is 14.7 Å². The fourth-order valence-electron chi connectivity index (χ4n) is 0.844. The fraction of sp³-hybridized carbons (Fsp3) is 0.125. The molecule has 0 atom stereocenters. The van der Waals surface area contributed by atoms with Crippen LogP contribution in [0.1, 0.15) is 11.1 Å². The summed E-state index contributed by atoms with van der Waals surface area (Å²) < 4.78 is 1.15. The van der Waals surface area contributed by atoms with E-state index in [-0.39, 0.29) is 0 Å². The first-order valence-electron chi connectivity index (χ1n) is 3.21. The molecule has 1 rings (SSSR count). The Morgan fingerprint density at radius 3 is 2.73 bits per heavy atom. The lowest BCUT2D eigenvalue weighted by Crippen LogP contribution is -1.95. The van der Waals surface area contributed by atoms with Gasteiger partial charge in [0, 0.05) is 21.0 Å². The van der Waals surface area contributed by atoms with E-state index in [1.807, 2.05) is 19.1 Å². The number of aryl methyl sites for hydroxylation is 1. The quantitative estimate of drug-likeness (QED) is 0.454. The lowest BCUT2D eigenvalue weighted by molar-refractivity contribution is 1.41. The Balaban J connectivity index is 3.31. The number of halogens is 1. The molecule has 0 bridgehead atoms. The molecule has 0 heterocycles. The van der Waals surface area contributed by atoms with Crippen molar-refractivity contribution in [2.24, 2.45) is 0 Å². The molecule has 58 valence electrons. The minimum atomic E-state index is 0.679. The standard InChI is InChI=1S/C8H9IN2/c1-5-2-8(11)6(4-10)3-7(5)9/h2-4,10H,11H2,1H3. The molecule has 0 aliphatic carbocycles. The molecule has 0 fully saturated rings.